The fourth-order valence-electron chi connectivity index (χ4n) is 2.84. The fourth-order valence-corrected chi connectivity index (χ4v) is 4.02. The highest BCUT2D eigenvalue weighted by Gasteiger charge is 2.31. The van der Waals surface area contributed by atoms with Crippen LogP contribution in [0.5, 0.6) is 5.75 Å². The second-order valence-corrected chi connectivity index (χ2v) is 8.15. The molecule has 1 aliphatic rings. The Balaban J connectivity index is 1.91. The van der Waals surface area contributed by atoms with Crippen LogP contribution in [0.2, 0.25) is 0 Å². The molecule has 0 aliphatic carbocycles. The van der Waals surface area contributed by atoms with Crippen molar-refractivity contribution in [3.63, 3.8) is 0 Å². The Bertz CT molecular complexity index is 660. The van der Waals surface area contributed by atoms with Gasteiger partial charge in [-0.25, -0.2) is 12.7 Å². The molecule has 24 heavy (non-hydrogen) atoms. The average Bonchev–Trinajstić information content (AvgIpc) is 2.60. The average molecular weight is 354 g/mol. The molecule has 1 saturated heterocycles. The Morgan fingerprint density at radius 2 is 2.17 bits per heavy atom. The molecular weight excluding hydrogens is 328 g/mol. The predicted molar refractivity (Wildman–Crippen MR) is 93.2 cm³/mol. The first-order valence-corrected chi connectivity index (χ1v) is 10.0. The van der Waals surface area contributed by atoms with Crippen molar-refractivity contribution < 1.29 is 17.9 Å². The van der Waals surface area contributed by atoms with Gasteiger partial charge in [0, 0.05) is 19.6 Å². The fraction of sp³-hybridized carbons (Fsp3) is 0.588. The van der Waals surface area contributed by atoms with Crippen LogP contribution in [0.4, 0.5) is 0 Å². The van der Waals surface area contributed by atoms with E-state index in [0.717, 1.165) is 24.2 Å². The van der Waals surface area contributed by atoms with Crippen molar-refractivity contribution in [2.75, 3.05) is 25.4 Å². The lowest BCUT2D eigenvalue weighted by molar-refractivity contribution is -0.126. The Hall–Kier alpha value is -1.60. The van der Waals surface area contributed by atoms with Crippen molar-refractivity contribution in [2.24, 2.45) is 5.92 Å². The third kappa shape index (κ3) is 4.95. The number of piperidine rings is 1. The summed E-state index contributed by atoms with van der Waals surface area (Å²) in [4.78, 5) is 12.4. The summed E-state index contributed by atoms with van der Waals surface area (Å²) in [7, 11) is -3.23. The molecule has 0 radical (unpaired) electrons. The molecule has 1 heterocycles. The molecule has 1 atom stereocenters. The van der Waals surface area contributed by atoms with Gasteiger partial charge in [0.2, 0.25) is 15.9 Å². The van der Waals surface area contributed by atoms with Crippen LogP contribution in [0.25, 0.3) is 0 Å². The van der Waals surface area contributed by atoms with Gasteiger partial charge in [-0.15, -0.1) is 0 Å². The third-order valence-electron chi connectivity index (χ3n) is 4.19. The van der Waals surface area contributed by atoms with Gasteiger partial charge in [-0.2, -0.15) is 0 Å². The molecule has 134 valence electrons. The van der Waals surface area contributed by atoms with Crippen LogP contribution >= 0.6 is 0 Å². The van der Waals surface area contributed by atoms with Crippen LogP contribution in [0, 0.1) is 5.92 Å². The van der Waals surface area contributed by atoms with E-state index >= 15 is 0 Å². The van der Waals surface area contributed by atoms with Gasteiger partial charge in [0.25, 0.3) is 0 Å². The van der Waals surface area contributed by atoms with E-state index in [9.17, 15) is 13.2 Å². The summed E-state index contributed by atoms with van der Waals surface area (Å²) in [6.07, 6.45) is 1.44. The van der Waals surface area contributed by atoms with Crippen molar-refractivity contribution in [3.8, 4) is 5.75 Å². The van der Waals surface area contributed by atoms with E-state index in [-0.39, 0.29) is 24.1 Å². The highest BCUT2D eigenvalue weighted by Crippen LogP contribution is 2.20. The number of sulfonamides is 1. The third-order valence-corrected chi connectivity index (χ3v) is 6.04. The molecule has 0 spiro atoms. The summed E-state index contributed by atoms with van der Waals surface area (Å²) in [5.41, 5.74) is 0.961. The number of nitrogens with zero attached hydrogens (tertiary/aromatic N) is 1. The van der Waals surface area contributed by atoms with Gasteiger partial charge < -0.3 is 10.1 Å². The van der Waals surface area contributed by atoms with Crippen LogP contribution < -0.4 is 10.1 Å². The smallest absolute Gasteiger partial charge is 0.224 e. The van der Waals surface area contributed by atoms with E-state index in [1.165, 1.54) is 4.31 Å². The summed E-state index contributed by atoms with van der Waals surface area (Å²) in [5.74, 6) is 0.482. The van der Waals surface area contributed by atoms with Gasteiger partial charge in [-0.3, -0.25) is 4.79 Å². The van der Waals surface area contributed by atoms with Crippen molar-refractivity contribution in [3.05, 3.63) is 29.8 Å². The summed E-state index contributed by atoms with van der Waals surface area (Å²) in [6.45, 7) is 5.35. The van der Waals surface area contributed by atoms with E-state index in [0.29, 0.717) is 19.7 Å². The molecule has 1 amide bonds. The Kier molecular flexibility index (Phi) is 6.62. The molecule has 1 fully saturated rings. The van der Waals surface area contributed by atoms with Crippen LogP contribution in [0.3, 0.4) is 0 Å². The minimum atomic E-state index is -3.23. The molecule has 2 rings (SSSR count). The standard InChI is InChI=1S/C17H26N2O4S/c1-3-23-16-9-5-7-14(11-16)12-18-17(20)15-8-6-10-19(13-15)24(21,22)4-2/h5,7,9,11,15H,3-4,6,8,10,12-13H2,1-2H3,(H,18,20). The van der Waals surface area contributed by atoms with E-state index in [2.05, 4.69) is 5.32 Å². The van der Waals surface area contributed by atoms with E-state index in [4.69, 9.17) is 4.74 Å². The monoisotopic (exact) mass is 354 g/mol. The predicted octanol–water partition coefficient (Wildman–Crippen LogP) is 1.76. The van der Waals surface area contributed by atoms with Crippen molar-refractivity contribution >= 4 is 15.9 Å². The molecule has 0 saturated carbocycles. The lowest BCUT2D eigenvalue weighted by Gasteiger charge is -2.30. The topological polar surface area (TPSA) is 75.7 Å². The summed E-state index contributed by atoms with van der Waals surface area (Å²) in [5, 5.41) is 2.91. The Morgan fingerprint density at radius 3 is 2.88 bits per heavy atom. The van der Waals surface area contributed by atoms with Crippen LogP contribution in [0.15, 0.2) is 24.3 Å². The molecule has 1 aliphatic heterocycles. The first-order chi connectivity index (χ1) is 11.5. The lowest BCUT2D eigenvalue weighted by atomic mass is 9.99. The quantitative estimate of drug-likeness (QED) is 0.810. The minimum Gasteiger partial charge on any atom is -0.494 e. The van der Waals surface area contributed by atoms with Gasteiger partial charge in [0.15, 0.2) is 0 Å². The largest absolute Gasteiger partial charge is 0.494 e. The zero-order valence-corrected chi connectivity index (χ0v) is 15.1. The molecule has 0 bridgehead atoms. The molecule has 1 aromatic carbocycles. The zero-order chi connectivity index (χ0) is 17.6. The van der Waals surface area contributed by atoms with Gasteiger partial charge in [0.1, 0.15) is 5.75 Å². The first-order valence-electron chi connectivity index (χ1n) is 8.43. The van der Waals surface area contributed by atoms with Crippen molar-refractivity contribution in [2.45, 2.75) is 33.2 Å². The molecule has 6 nitrogen and oxygen atoms in total. The number of amides is 1. The molecule has 1 N–H and O–H groups in total. The van der Waals surface area contributed by atoms with Crippen LogP contribution in [-0.2, 0) is 21.4 Å². The molecular formula is C17H26N2O4S. The number of hydrogen-bond donors (Lipinski definition) is 1. The van der Waals surface area contributed by atoms with Gasteiger partial charge in [-0.1, -0.05) is 12.1 Å². The zero-order valence-electron chi connectivity index (χ0n) is 14.3. The molecule has 7 heteroatoms. The van der Waals surface area contributed by atoms with E-state index < -0.39 is 10.0 Å². The molecule has 0 aromatic heterocycles. The van der Waals surface area contributed by atoms with E-state index in [1.807, 2.05) is 31.2 Å². The van der Waals surface area contributed by atoms with Crippen LogP contribution in [-0.4, -0.2) is 44.1 Å². The molecule has 1 aromatic rings. The number of benzene rings is 1. The van der Waals surface area contributed by atoms with Gasteiger partial charge >= 0.3 is 0 Å². The number of ether oxygens (including phenoxy) is 1. The maximum atomic E-state index is 12.4. The molecule has 1 unspecified atom stereocenters. The van der Waals surface area contributed by atoms with Crippen molar-refractivity contribution in [1.29, 1.82) is 0 Å². The number of rotatable bonds is 7. The Labute approximate surface area is 144 Å². The maximum Gasteiger partial charge on any atom is 0.224 e. The second kappa shape index (κ2) is 8.48. The number of carbonyl (C=O) groups is 1. The van der Waals surface area contributed by atoms with Gasteiger partial charge in [-0.05, 0) is 44.4 Å². The number of carbonyl (C=O) groups excluding carboxylic acids is 1. The number of hydrogen-bond acceptors (Lipinski definition) is 4. The second-order valence-electron chi connectivity index (χ2n) is 5.90. The van der Waals surface area contributed by atoms with Crippen molar-refractivity contribution in [1.82, 2.24) is 9.62 Å². The normalized spacial score (nSPS) is 19.0. The highest BCUT2D eigenvalue weighted by molar-refractivity contribution is 7.89. The van der Waals surface area contributed by atoms with Crippen LogP contribution in [0.1, 0.15) is 32.3 Å². The summed E-state index contributed by atoms with van der Waals surface area (Å²) in [6, 6.07) is 7.60. The summed E-state index contributed by atoms with van der Waals surface area (Å²) < 4.78 is 30.9. The Morgan fingerprint density at radius 1 is 1.38 bits per heavy atom. The minimum absolute atomic E-state index is 0.0750. The van der Waals surface area contributed by atoms with Gasteiger partial charge in [0.05, 0.1) is 18.3 Å². The highest BCUT2D eigenvalue weighted by atomic mass is 32.2. The van der Waals surface area contributed by atoms with E-state index in [1.54, 1.807) is 6.92 Å². The maximum absolute atomic E-state index is 12.4. The first kappa shape index (κ1) is 18.7. The summed E-state index contributed by atoms with van der Waals surface area (Å²) >= 11 is 0. The lowest BCUT2D eigenvalue weighted by Crippen LogP contribution is -2.45. The number of nitrogens with one attached hydrogen (secondary N) is 1. The SMILES string of the molecule is CCOc1cccc(CNC(=O)C2CCCN(S(=O)(=O)CC)C2)c1.